The smallest absolute Gasteiger partial charge is 0.253 e. The second-order valence-electron chi connectivity index (χ2n) is 12.7. The number of fused-ring (bicyclic) bond motifs is 1. The molecule has 3 aromatic rings. The number of carbonyl (C=O) groups is 2. The molecule has 0 saturated carbocycles. The van der Waals surface area contributed by atoms with E-state index in [0.29, 0.717) is 38.2 Å². The lowest BCUT2D eigenvalue weighted by Gasteiger charge is -2.32. The van der Waals surface area contributed by atoms with Crippen molar-refractivity contribution in [2.24, 2.45) is 5.41 Å². The number of carbonyl (C=O) groups excluding carboxylic acids is 2. The third-order valence-corrected chi connectivity index (χ3v) is 7.35. The molecule has 11 nitrogen and oxygen atoms in total. The molecule has 2 aliphatic heterocycles. The Balaban J connectivity index is 0.000000205. The van der Waals surface area contributed by atoms with Gasteiger partial charge >= 0.3 is 0 Å². The zero-order valence-corrected chi connectivity index (χ0v) is 27.3. The van der Waals surface area contributed by atoms with Crippen molar-refractivity contribution < 1.29 is 14.7 Å². The molecule has 5 rings (SSSR count). The molecule has 1 aromatic carbocycles. The molecule has 1 saturated heterocycles. The van der Waals surface area contributed by atoms with E-state index < -0.39 is 6.10 Å². The normalized spacial score (nSPS) is 17.3. The molecule has 0 unspecified atom stereocenters. The monoisotopic (exact) mass is 612 g/mol. The Morgan fingerprint density at radius 2 is 1.93 bits per heavy atom. The van der Waals surface area contributed by atoms with Crippen molar-refractivity contribution in [2.75, 3.05) is 39.1 Å². The average molecular weight is 613 g/mol. The molecule has 0 radical (unpaired) electrons. The number of amides is 2. The zero-order chi connectivity index (χ0) is 32.7. The van der Waals surface area contributed by atoms with E-state index in [2.05, 4.69) is 57.9 Å². The van der Waals surface area contributed by atoms with Crippen molar-refractivity contribution in [3.05, 3.63) is 76.8 Å². The summed E-state index contributed by atoms with van der Waals surface area (Å²) in [6.07, 6.45) is 5.74. The fraction of sp³-hybridized carbons (Fsp3) is 0.471. The van der Waals surface area contributed by atoms with Crippen LogP contribution in [0.4, 0.5) is 5.82 Å². The quantitative estimate of drug-likeness (QED) is 0.418. The SMILES string of the molecule is CN(Cc1cnccn1)C(=O)c1cccc(C#CC(C)(C)C)c1.Cc1nc2c(c(N(C)C)n1)CCN(C(=O)[C@@H]1C[C@@H](O)CN1)C2. The van der Waals surface area contributed by atoms with Crippen LogP contribution in [-0.4, -0.2) is 93.0 Å². The van der Waals surface area contributed by atoms with Crippen molar-refractivity contribution >= 4 is 17.6 Å². The third kappa shape index (κ3) is 9.30. The van der Waals surface area contributed by atoms with Gasteiger partial charge < -0.3 is 25.1 Å². The van der Waals surface area contributed by atoms with Gasteiger partial charge in [-0.2, -0.15) is 0 Å². The summed E-state index contributed by atoms with van der Waals surface area (Å²) in [5, 5.41) is 12.7. The van der Waals surface area contributed by atoms with Gasteiger partial charge in [-0.05, 0) is 58.7 Å². The van der Waals surface area contributed by atoms with Crippen molar-refractivity contribution in [2.45, 2.75) is 65.8 Å². The Bertz CT molecular complexity index is 1560. The summed E-state index contributed by atoms with van der Waals surface area (Å²) >= 11 is 0. The molecular formula is C34H44N8O3. The fourth-order valence-electron chi connectivity index (χ4n) is 5.15. The van der Waals surface area contributed by atoms with Crippen LogP contribution in [0.25, 0.3) is 0 Å². The fourth-order valence-corrected chi connectivity index (χ4v) is 5.15. The number of β-amino-alcohol motifs (C(OH)–C–C–N with tert-alkyl or cyclic N) is 1. The summed E-state index contributed by atoms with van der Waals surface area (Å²) in [6.45, 7) is 10.2. The van der Waals surface area contributed by atoms with Crippen molar-refractivity contribution in [3.8, 4) is 11.8 Å². The van der Waals surface area contributed by atoms with Gasteiger partial charge in [0.05, 0.1) is 42.8 Å². The lowest BCUT2D eigenvalue weighted by molar-refractivity contribution is -0.134. The standard InChI is InChI=1S/C19H21N3O.C15H23N5O2/c1-19(2,3)9-8-15-6-5-7-16(12-15)18(23)22(4)14-17-13-20-10-11-21-17;1-9-17-13-8-20(15(22)12-6-10(21)7-16-12)5-4-11(13)14(18-9)19(2)3/h5-7,10-13H,14H2,1-4H3;10,12,16,21H,4-8H2,1-3H3/t;10-,12+/m.1/s1. The van der Waals surface area contributed by atoms with Gasteiger partial charge in [0.1, 0.15) is 11.6 Å². The molecule has 2 amide bonds. The van der Waals surface area contributed by atoms with Gasteiger partial charge in [-0.25, -0.2) is 9.97 Å². The van der Waals surface area contributed by atoms with Crippen LogP contribution in [0.5, 0.6) is 0 Å². The maximum Gasteiger partial charge on any atom is 0.253 e. The lowest BCUT2D eigenvalue weighted by atomic mass is 9.97. The largest absolute Gasteiger partial charge is 0.392 e. The number of anilines is 1. The van der Waals surface area contributed by atoms with Gasteiger partial charge in [0.15, 0.2) is 0 Å². The molecule has 2 N–H and O–H groups in total. The number of hydrogen-bond acceptors (Lipinski definition) is 9. The highest BCUT2D eigenvalue weighted by Gasteiger charge is 2.34. The topological polar surface area (TPSA) is 128 Å². The predicted octanol–water partition coefficient (Wildman–Crippen LogP) is 2.60. The van der Waals surface area contributed by atoms with Gasteiger partial charge in [-0.3, -0.25) is 19.6 Å². The van der Waals surface area contributed by atoms with E-state index in [4.69, 9.17) is 0 Å². The summed E-state index contributed by atoms with van der Waals surface area (Å²) in [6, 6.07) is 7.13. The van der Waals surface area contributed by atoms with Crippen LogP contribution in [0.1, 0.15) is 65.9 Å². The highest BCUT2D eigenvalue weighted by Crippen LogP contribution is 2.26. The lowest BCUT2D eigenvalue weighted by Crippen LogP contribution is -2.46. The predicted molar refractivity (Wildman–Crippen MR) is 173 cm³/mol. The van der Waals surface area contributed by atoms with Gasteiger partial charge in [-0.1, -0.05) is 17.9 Å². The number of benzene rings is 1. The number of aliphatic hydroxyl groups excluding tert-OH is 1. The Hall–Kier alpha value is -4.40. The van der Waals surface area contributed by atoms with Crippen molar-refractivity contribution in [1.82, 2.24) is 35.1 Å². The zero-order valence-electron chi connectivity index (χ0n) is 27.3. The van der Waals surface area contributed by atoms with Gasteiger partial charge in [0.2, 0.25) is 5.91 Å². The highest BCUT2D eigenvalue weighted by atomic mass is 16.3. The first kappa shape index (κ1) is 33.5. The molecule has 45 heavy (non-hydrogen) atoms. The highest BCUT2D eigenvalue weighted by molar-refractivity contribution is 5.94. The van der Waals surface area contributed by atoms with Crippen molar-refractivity contribution in [3.63, 3.8) is 0 Å². The summed E-state index contributed by atoms with van der Waals surface area (Å²) in [5.41, 5.74) is 4.24. The summed E-state index contributed by atoms with van der Waals surface area (Å²) in [7, 11) is 5.71. The maximum absolute atomic E-state index is 12.6. The number of aliphatic hydroxyl groups is 1. The maximum atomic E-state index is 12.6. The molecule has 4 heterocycles. The minimum Gasteiger partial charge on any atom is -0.392 e. The minimum atomic E-state index is -0.420. The molecule has 2 atom stereocenters. The number of aryl methyl sites for hydroxylation is 1. The van der Waals surface area contributed by atoms with Crippen LogP contribution in [0.2, 0.25) is 0 Å². The molecule has 0 aliphatic carbocycles. The number of aromatic nitrogens is 4. The average Bonchev–Trinajstić information content (AvgIpc) is 3.45. The molecule has 238 valence electrons. The van der Waals surface area contributed by atoms with Crippen LogP contribution in [-0.2, 0) is 24.3 Å². The Morgan fingerprint density at radius 3 is 2.58 bits per heavy atom. The molecule has 2 aliphatic rings. The van der Waals surface area contributed by atoms with E-state index >= 15 is 0 Å². The van der Waals surface area contributed by atoms with E-state index in [1.165, 1.54) is 0 Å². The van der Waals surface area contributed by atoms with Crippen LogP contribution >= 0.6 is 0 Å². The Labute approximate surface area is 266 Å². The Kier molecular flexibility index (Phi) is 10.9. The number of rotatable bonds is 5. The van der Waals surface area contributed by atoms with Crippen LogP contribution < -0.4 is 10.2 Å². The Morgan fingerprint density at radius 1 is 1.16 bits per heavy atom. The van der Waals surface area contributed by atoms with Gasteiger partial charge in [0, 0.05) is 68.7 Å². The van der Waals surface area contributed by atoms with Gasteiger partial charge in [-0.15, -0.1) is 0 Å². The number of nitrogens with zero attached hydrogens (tertiary/aromatic N) is 7. The molecule has 0 bridgehead atoms. The van der Waals surface area contributed by atoms with Gasteiger partial charge in [0.25, 0.3) is 5.91 Å². The second kappa shape index (κ2) is 14.6. The minimum absolute atomic E-state index is 0.0601. The third-order valence-electron chi connectivity index (χ3n) is 7.35. The number of nitrogens with one attached hydrogen (secondary N) is 1. The molecule has 1 fully saturated rings. The van der Waals surface area contributed by atoms with E-state index in [1.807, 2.05) is 49.0 Å². The van der Waals surface area contributed by atoms with E-state index in [-0.39, 0.29) is 23.3 Å². The van der Waals surface area contributed by atoms with E-state index in [0.717, 1.165) is 40.6 Å². The molecular weight excluding hydrogens is 568 g/mol. The molecule has 11 heteroatoms. The molecule has 2 aromatic heterocycles. The van der Waals surface area contributed by atoms with E-state index in [9.17, 15) is 14.7 Å². The summed E-state index contributed by atoms with van der Waals surface area (Å²) in [5.74, 6) is 7.98. The van der Waals surface area contributed by atoms with Crippen LogP contribution in [0, 0.1) is 24.2 Å². The van der Waals surface area contributed by atoms with Crippen molar-refractivity contribution in [1.29, 1.82) is 0 Å². The summed E-state index contributed by atoms with van der Waals surface area (Å²) < 4.78 is 0. The first-order valence-corrected chi connectivity index (χ1v) is 15.2. The first-order chi connectivity index (χ1) is 21.3. The first-order valence-electron chi connectivity index (χ1n) is 15.2. The van der Waals surface area contributed by atoms with Crippen LogP contribution in [0.3, 0.4) is 0 Å². The molecule has 0 spiro atoms. The number of hydrogen-bond donors (Lipinski definition) is 2. The van der Waals surface area contributed by atoms with E-state index in [1.54, 1.807) is 36.6 Å². The van der Waals surface area contributed by atoms with Crippen LogP contribution in [0.15, 0.2) is 42.9 Å². The second-order valence-corrected chi connectivity index (χ2v) is 12.7. The summed E-state index contributed by atoms with van der Waals surface area (Å²) in [4.78, 5) is 47.8.